The van der Waals surface area contributed by atoms with Crippen molar-refractivity contribution < 1.29 is 4.39 Å². The zero-order chi connectivity index (χ0) is 16.1. The first kappa shape index (κ1) is 16.8. The Morgan fingerprint density at radius 1 is 0.870 bits per heavy atom. The number of alkyl halides is 1. The third-order valence-corrected chi connectivity index (χ3v) is 9.51. The zero-order valence-electron chi connectivity index (χ0n) is 14.6. The quantitative estimate of drug-likeness (QED) is 0.321. The Morgan fingerprint density at radius 3 is 1.91 bits per heavy atom. The summed E-state index contributed by atoms with van der Waals surface area (Å²) in [6, 6.07) is 0. The molecule has 23 heavy (non-hydrogen) atoms. The standard InChI is InChI=1S/C21H32FI/c1-15-2-4-16(5-3-15)17-6-8-18(9-7-17)21-12-10-20(23,11-13-21)14-19(21)22/h14-18H,2-13H2,1H3. The van der Waals surface area contributed by atoms with Crippen LogP contribution >= 0.6 is 22.6 Å². The number of halogens is 2. The fourth-order valence-corrected chi connectivity index (χ4v) is 7.18. The largest absolute Gasteiger partial charge is 0.211 e. The first-order valence-corrected chi connectivity index (χ1v) is 11.2. The molecule has 5 rings (SSSR count). The number of hydrogen-bond acceptors (Lipinski definition) is 0. The molecule has 0 unspecified atom stereocenters. The Kier molecular flexibility index (Phi) is 4.60. The molecule has 0 N–H and O–H groups in total. The van der Waals surface area contributed by atoms with Crippen molar-refractivity contribution in [3.8, 4) is 0 Å². The van der Waals surface area contributed by atoms with Crippen molar-refractivity contribution in [2.75, 3.05) is 0 Å². The van der Waals surface area contributed by atoms with Crippen LogP contribution in [0.3, 0.4) is 0 Å². The van der Waals surface area contributed by atoms with Crippen molar-refractivity contribution in [1.29, 1.82) is 0 Å². The molecule has 2 bridgehead atoms. The molecule has 0 spiro atoms. The molecule has 130 valence electrons. The van der Waals surface area contributed by atoms with Crippen molar-refractivity contribution in [2.45, 2.75) is 87.4 Å². The molecule has 0 aromatic heterocycles. The number of allylic oxidation sites excluding steroid dienone is 2. The van der Waals surface area contributed by atoms with Crippen molar-refractivity contribution in [2.24, 2.45) is 29.1 Å². The molecule has 0 amide bonds. The van der Waals surface area contributed by atoms with Gasteiger partial charge in [0.15, 0.2) is 0 Å². The topological polar surface area (TPSA) is 0 Å². The lowest BCUT2D eigenvalue weighted by atomic mass is 9.54. The molecule has 0 saturated heterocycles. The van der Waals surface area contributed by atoms with Gasteiger partial charge in [-0.3, -0.25) is 0 Å². The number of rotatable bonds is 2. The van der Waals surface area contributed by atoms with E-state index in [0.29, 0.717) is 5.92 Å². The smallest absolute Gasteiger partial charge is 0.104 e. The molecule has 5 aliphatic carbocycles. The Morgan fingerprint density at radius 2 is 1.39 bits per heavy atom. The second kappa shape index (κ2) is 6.29. The van der Waals surface area contributed by atoms with Crippen molar-refractivity contribution in [3.63, 3.8) is 0 Å². The van der Waals surface area contributed by atoms with Gasteiger partial charge in [0.1, 0.15) is 5.83 Å². The van der Waals surface area contributed by atoms with Gasteiger partial charge >= 0.3 is 0 Å². The molecular weight excluding hydrogens is 398 g/mol. The summed E-state index contributed by atoms with van der Waals surface area (Å²) in [6.07, 6.45) is 17.9. The van der Waals surface area contributed by atoms with Gasteiger partial charge < -0.3 is 0 Å². The minimum absolute atomic E-state index is 0.0427. The maximum Gasteiger partial charge on any atom is 0.104 e. The highest BCUT2D eigenvalue weighted by molar-refractivity contribution is 14.1. The molecule has 0 nitrogen and oxygen atoms in total. The van der Waals surface area contributed by atoms with E-state index in [1.165, 1.54) is 64.2 Å². The van der Waals surface area contributed by atoms with Gasteiger partial charge in [-0.2, -0.15) is 0 Å². The summed E-state index contributed by atoms with van der Waals surface area (Å²) in [5, 5.41) is 0. The molecule has 0 atom stereocenters. The lowest BCUT2D eigenvalue weighted by Gasteiger charge is -2.53. The first-order chi connectivity index (χ1) is 11.0. The van der Waals surface area contributed by atoms with Gasteiger partial charge in [-0.05, 0) is 94.0 Å². The molecule has 3 saturated carbocycles. The summed E-state index contributed by atoms with van der Waals surface area (Å²) in [4.78, 5) is 0. The predicted octanol–water partition coefficient (Wildman–Crippen LogP) is 7.22. The number of hydrogen-bond donors (Lipinski definition) is 0. The molecule has 0 aliphatic heterocycles. The summed E-state index contributed by atoms with van der Waals surface area (Å²) in [7, 11) is 0. The van der Waals surface area contributed by atoms with Gasteiger partial charge in [0.2, 0.25) is 0 Å². The monoisotopic (exact) mass is 430 g/mol. The van der Waals surface area contributed by atoms with Gasteiger partial charge in [-0.15, -0.1) is 0 Å². The third-order valence-electron chi connectivity index (χ3n) is 8.11. The molecule has 5 aliphatic rings. The fourth-order valence-electron chi connectivity index (χ4n) is 6.37. The summed E-state index contributed by atoms with van der Waals surface area (Å²) in [5.74, 6) is 3.82. The highest BCUT2D eigenvalue weighted by Crippen LogP contribution is 2.62. The van der Waals surface area contributed by atoms with E-state index in [4.69, 9.17) is 0 Å². The van der Waals surface area contributed by atoms with Crippen LogP contribution in [0, 0.1) is 29.1 Å². The van der Waals surface area contributed by atoms with Gasteiger partial charge in [-0.25, -0.2) is 4.39 Å². The normalized spacial score (nSPS) is 50.7. The van der Waals surface area contributed by atoms with Crippen LogP contribution in [0.15, 0.2) is 11.9 Å². The molecule has 2 heteroatoms. The molecular formula is C21H32FI. The first-order valence-electron chi connectivity index (χ1n) is 10.1. The van der Waals surface area contributed by atoms with Crippen LogP contribution in [0.5, 0.6) is 0 Å². The molecule has 0 aromatic rings. The maximum atomic E-state index is 14.9. The summed E-state index contributed by atoms with van der Waals surface area (Å²) in [6.45, 7) is 2.42. The van der Waals surface area contributed by atoms with E-state index >= 15 is 0 Å². The van der Waals surface area contributed by atoms with E-state index in [-0.39, 0.29) is 14.7 Å². The highest BCUT2D eigenvalue weighted by atomic mass is 127. The van der Waals surface area contributed by atoms with E-state index in [0.717, 1.165) is 30.6 Å². The van der Waals surface area contributed by atoms with Gasteiger partial charge in [0.25, 0.3) is 0 Å². The van der Waals surface area contributed by atoms with E-state index in [1.54, 1.807) is 0 Å². The summed E-state index contributed by atoms with van der Waals surface area (Å²) >= 11 is 2.50. The van der Waals surface area contributed by atoms with Crippen LogP contribution < -0.4 is 0 Å². The lowest BCUT2D eigenvalue weighted by molar-refractivity contribution is 0.0370. The maximum absolute atomic E-state index is 14.9. The van der Waals surface area contributed by atoms with Crippen LogP contribution in [-0.4, -0.2) is 3.42 Å². The average Bonchev–Trinajstić information content (AvgIpc) is 2.56. The second-order valence-corrected chi connectivity index (χ2v) is 11.5. The van der Waals surface area contributed by atoms with Crippen LogP contribution in [0.1, 0.15) is 84.0 Å². The van der Waals surface area contributed by atoms with Crippen LogP contribution in [0.4, 0.5) is 4.39 Å². The third kappa shape index (κ3) is 3.04. The Hall–Kier alpha value is 0.400. The second-order valence-electron chi connectivity index (χ2n) is 9.31. The average molecular weight is 430 g/mol. The van der Waals surface area contributed by atoms with Crippen molar-refractivity contribution in [1.82, 2.24) is 0 Å². The van der Waals surface area contributed by atoms with Crippen LogP contribution in [0.2, 0.25) is 0 Å². The predicted molar refractivity (Wildman–Crippen MR) is 103 cm³/mol. The number of fused-ring (bicyclic) bond motifs is 2. The SMILES string of the molecule is CC1CCC(C2CCC(C34CCC(I)(C=C3F)CC4)CC2)CC1. The van der Waals surface area contributed by atoms with Gasteiger partial charge in [0, 0.05) is 8.84 Å². The molecule has 3 fully saturated rings. The van der Waals surface area contributed by atoms with Crippen molar-refractivity contribution >= 4 is 22.6 Å². The summed E-state index contributed by atoms with van der Waals surface area (Å²) in [5.41, 5.74) is -0.0427. The van der Waals surface area contributed by atoms with Crippen LogP contribution in [-0.2, 0) is 0 Å². The van der Waals surface area contributed by atoms with Crippen LogP contribution in [0.25, 0.3) is 0 Å². The van der Waals surface area contributed by atoms with Gasteiger partial charge in [0.05, 0.1) is 0 Å². The lowest BCUT2D eigenvalue weighted by Crippen LogP contribution is -2.45. The molecule has 0 aromatic carbocycles. The highest BCUT2D eigenvalue weighted by Gasteiger charge is 2.53. The fraction of sp³-hybridized carbons (Fsp3) is 0.905. The Labute approximate surface area is 155 Å². The summed E-state index contributed by atoms with van der Waals surface area (Å²) < 4.78 is 15.1. The van der Waals surface area contributed by atoms with Gasteiger partial charge in [-0.1, -0.05) is 42.4 Å². The zero-order valence-corrected chi connectivity index (χ0v) is 16.8. The molecule has 0 heterocycles. The Bertz CT molecular complexity index is 458. The van der Waals surface area contributed by atoms with E-state index in [9.17, 15) is 4.39 Å². The van der Waals surface area contributed by atoms with E-state index in [1.807, 2.05) is 6.08 Å². The minimum Gasteiger partial charge on any atom is -0.211 e. The minimum atomic E-state index is -0.0427. The van der Waals surface area contributed by atoms with Crippen molar-refractivity contribution in [3.05, 3.63) is 11.9 Å². The van der Waals surface area contributed by atoms with E-state index in [2.05, 4.69) is 29.5 Å². The van der Waals surface area contributed by atoms with E-state index < -0.39 is 0 Å². The molecule has 0 radical (unpaired) electrons. The Balaban J connectivity index is 1.39.